The number of likely N-dealkylation sites (tertiary alicyclic amines) is 1. The Balaban J connectivity index is 1.96. The molecule has 2 amide bonds. The van der Waals surface area contributed by atoms with Gasteiger partial charge in [-0.1, -0.05) is 11.6 Å². The van der Waals surface area contributed by atoms with E-state index in [1.165, 1.54) is 7.05 Å². The van der Waals surface area contributed by atoms with Crippen molar-refractivity contribution in [1.82, 2.24) is 20.4 Å². The summed E-state index contributed by atoms with van der Waals surface area (Å²) >= 11 is 5.88. The molecule has 1 aliphatic heterocycles. The van der Waals surface area contributed by atoms with Gasteiger partial charge in [-0.25, -0.2) is 4.79 Å². The van der Waals surface area contributed by atoms with Gasteiger partial charge in [0.15, 0.2) is 10.8 Å². The maximum atomic E-state index is 12.3. The van der Waals surface area contributed by atoms with Crippen LogP contribution in [0, 0.1) is 0 Å². The number of carbonyl (C=O) groups excluding carboxylic acids is 2. The minimum absolute atomic E-state index is 0.103. The Hall–Kier alpha value is -2.09. The van der Waals surface area contributed by atoms with Gasteiger partial charge in [0.1, 0.15) is 5.60 Å². The van der Waals surface area contributed by atoms with Crippen LogP contribution in [0.2, 0.25) is 5.15 Å². The van der Waals surface area contributed by atoms with E-state index in [2.05, 4.69) is 20.8 Å². The number of ether oxygens (including phenoxy) is 1. The molecule has 1 aliphatic rings. The zero-order valence-electron chi connectivity index (χ0n) is 15.6. The topological polar surface area (TPSA) is 96.5 Å². The van der Waals surface area contributed by atoms with Crippen molar-refractivity contribution in [3.63, 3.8) is 0 Å². The van der Waals surface area contributed by atoms with E-state index < -0.39 is 5.60 Å². The summed E-state index contributed by atoms with van der Waals surface area (Å²) in [6, 6.07) is 1.67. The van der Waals surface area contributed by atoms with E-state index in [0.29, 0.717) is 18.8 Å². The molecule has 2 N–H and O–H groups in total. The molecule has 0 aromatic carbocycles. The summed E-state index contributed by atoms with van der Waals surface area (Å²) in [5.41, 5.74) is 0.197. The Kier molecular flexibility index (Phi) is 6.63. The van der Waals surface area contributed by atoms with Crippen LogP contribution in [-0.2, 0) is 4.74 Å². The Morgan fingerprint density at radius 1 is 1.38 bits per heavy atom. The van der Waals surface area contributed by atoms with Crippen molar-refractivity contribution in [2.75, 3.05) is 25.5 Å². The summed E-state index contributed by atoms with van der Waals surface area (Å²) in [4.78, 5) is 26.0. The number of halogens is 1. The summed E-state index contributed by atoms with van der Waals surface area (Å²) in [7, 11) is 1.53. The molecule has 2 heterocycles. The van der Waals surface area contributed by atoms with Crippen LogP contribution in [0.5, 0.6) is 0 Å². The summed E-state index contributed by atoms with van der Waals surface area (Å²) in [6.07, 6.45) is 2.33. The Bertz CT molecular complexity index is 662. The lowest BCUT2D eigenvalue weighted by atomic mass is 10.1. The number of nitrogens with one attached hydrogen (secondary N) is 2. The van der Waals surface area contributed by atoms with Crippen molar-refractivity contribution in [2.45, 2.75) is 51.7 Å². The minimum Gasteiger partial charge on any atom is -0.444 e. The van der Waals surface area contributed by atoms with Gasteiger partial charge in [-0.15, -0.1) is 10.2 Å². The van der Waals surface area contributed by atoms with E-state index in [1.54, 1.807) is 11.0 Å². The molecule has 0 saturated carbocycles. The molecule has 1 saturated heterocycles. The zero-order valence-corrected chi connectivity index (χ0v) is 16.4. The molecule has 8 nitrogen and oxygen atoms in total. The van der Waals surface area contributed by atoms with Gasteiger partial charge in [-0.3, -0.25) is 4.79 Å². The fourth-order valence-corrected chi connectivity index (χ4v) is 3.01. The first-order chi connectivity index (χ1) is 12.2. The number of amides is 2. The van der Waals surface area contributed by atoms with Crippen molar-refractivity contribution < 1.29 is 14.3 Å². The quantitative estimate of drug-likeness (QED) is 0.811. The first-order valence-corrected chi connectivity index (χ1v) is 9.08. The molecule has 0 radical (unpaired) electrons. The molecule has 144 valence electrons. The third-order valence-electron chi connectivity index (χ3n) is 4.00. The van der Waals surface area contributed by atoms with Gasteiger partial charge in [0.2, 0.25) is 0 Å². The standard InChI is InChI=1S/C17H26ClN5O3/c1-17(2,3)26-16(25)23-9-5-6-11(23)7-8-20-12-10-13(18)21-22-14(12)15(24)19-4/h10-11H,5-9H2,1-4H3,(H,19,24)(H,20,21). The molecule has 1 aromatic rings. The molecule has 1 fully saturated rings. The van der Waals surface area contributed by atoms with Crippen molar-refractivity contribution in [2.24, 2.45) is 0 Å². The Labute approximate surface area is 158 Å². The highest BCUT2D eigenvalue weighted by Crippen LogP contribution is 2.24. The minimum atomic E-state index is -0.510. The Morgan fingerprint density at radius 3 is 2.77 bits per heavy atom. The highest BCUT2D eigenvalue weighted by Gasteiger charge is 2.31. The van der Waals surface area contributed by atoms with Crippen molar-refractivity contribution in [1.29, 1.82) is 0 Å². The lowest BCUT2D eigenvalue weighted by Crippen LogP contribution is -2.40. The predicted octanol–water partition coefficient (Wildman–Crippen LogP) is 2.69. The number of aromatic nitrogens is 2. The molecule has 26 heavy (non-hydrogen) atoms. The van der Waals surface area contributed by atoms with Crippen LogP contribution in [0.25, 0.3) is 0 Å². The molecule has 1 aromatic heterocycles. The van der Waals surface area contributed by atoms with E-state index in [-0.39, 0.29) is 28.9 Å². The van der Waals surface area contributed by atoms with Crippen molar-refractivity contribution in [3.8, 4) is 0 Å². The van der Waals surface area contributed by atoms with Crippen LogP contribution in [0.15, 0.2) is 6.07 Å². The van der Waals surface area contributed by atoms with Crippen LogP contribution in [0.1, 0.15) is 50.5 Å². The summed E-state index contributed by atoms with van der Waals surface area (Å²) in [5, 5.41) is 13.5. The molecule has 2 rings (SSSR count). The molecule has 0 aliphatic carbocycles. The van der Waals surface area contributed by atoms with Gasteiger partial charge in [0, 0.05) is 32.2 Å². The van der Waals surface area contributed by atoms with Crippen LogP contribution in [-0.4, -0.2) is 58.9 Å². The third kappa shape index (κ3) is 5.45. The van der Waals surface area contributed by atoms with E-state index >= 15 is 0 Å². The van der Waals surface area contributed by atoms with Crippen LogP contribution in [0.3, 0.4) is 0 Å². The fourth-order valence-electron chi connectivity index (χ4n) is 2.86. The van der Waals surface area contributed by atoms with Gasteiger partial charge in [-0.2, -0.15) is 0 Å². The second-order valence-corrected chi connectivity index (χ2v) is 7.58. The third-order valence-corrected chi connectivity index (χ3v) is 4.19. The first kappa shape index (κ1) is 20.2. The lowest BCUT2D eigenvalue weighted by Gasteiger charge is -2.28. The lowest BCUT2D eigenvalue weighted by molar-refractivity contribution is 0.0223. The largest absolute Gasteiger partial charge is 0.444 e. The molecular weight excluding hydrogens is 358 g/mol. The second kappa shape index (κ2) is 8.53. The van der Waals surface area contributed by atoms with Crippen LogP contribution < -0.4 is 10.6 Å². The summed E-state index contributed by atoms with van der Waals surface area (Å²) in [5.74, 6) is -0.340. The van der Waals surface area contributed by atoms with Crippen LogP contribution >= 0.6 is 11.6 Å². The van der Waals surface area contributed by atoms with Gasteiger partial charge >= 0.3 is 6.09 Å². The first-order valence-electron chi connectivity index (χ1n) is 8.70. The number of nitrogens with zero attached hydrogens (tertiary/aromatic N) is 3. The average molecular weight is 384 g/mol. The highest BCUT2D eigenvalue weighted by atomic mass is 35.5. The van der Waals surface area contributed by atoms with E-state index in [4.69, 9.17) is 16.3 Å². The number of rotatable bonds is 5. The maximum absolute atomic E-state index is 12.3. The predicted molar refractivity (Wildman–Crippen MR) is 99.5 cm³/mol. The van der Waals surface area contributed by atoms with E-state index in [1.807, 2.05) is 20.8 Å². The second-order valence-electron chi connectivity index (χ2n) is 7.19. The number of carbonyl (C=O) groups is 2. The highest BCUT2D eigenvalue weighted by molar-refractivity contribution is 6.29. The number of hydrogen-bond donors (Lipinski definition) is 2. The van der Waals surface area contributed by atoms with Gasteiger partial charge in [0.25, 0.3) is 5.91 Å². The molecule has 1 atom stereocenters. The molecule has 0 spiro atoms. The van der Waals surface area contributed by atoms with Crippen molar-refractivity contribution >= 4 is 29.3 Å². The molecular formula is C17H26ClN5O3. The normalized spacial score (nSPS) is 17.1. The molecule has 9 heteroatoms. The smallest absolute Gasteiger partial charge is 0.410 e. The van der Waals surface area contributed by atoms with Crippen LogP contribution in [0.4, 0.5) is 10.5 Å². The monoisotopic (exact) mass is 383 g/mol. The zero-order chi connectivity index (χ0) is 19.3. The number of anilines is 1. The number of hydrogen-bond acceptors (Lipinski definition) is 6. The molecule has 0 bridgehead atoms. The SMILES string of the molecule is CNC(=O)c1nnc(Cl)cc1NCCC1CCCN1C(=O)OC(C)(C)C. The fraction of sp³-hybridized carbons (Fsp3) is 0.647. The van der Waals surface area contributed by atoms with E-state index in [9.17, 15) is 9.59 Å². The Morgan fingerprint density at radius 2 is 2.12 bits per heavy atom. The van der Waals surface area contributed by atoms with E-state index in [0.717, 1.165) is 19.3 Å². The summed E-state index contributed by atoms with van der Waals surface area (Å²) in [6.45, 7) is 6.84. The van der Waals surface area contributed by atoms with Gasteiger partial charge < -0.3 is 20.3 Å². The van der Waals surface area contributed by atoms with Crippen molar-refractivity contribution in [3.05, 3.63) is 16.9 Å². The van der Waals surface area contributed by atoms with Gasteiger partial charge in [0.05, 0.1) is 5.69 Å². The van der Waals surface area contributed by atoms with Gasteiger partial charge in [-0.05, 0) is 40.0 Å². The maximum Gasteiger partial charge on any atom is 0.410 e. The molecule has 1 unspecified atom stereocenters. The average Bonchev–Trinajstić information content (AvgIpc) is 3.01. The summed E-state index contributed by atoms with van der Waals surface area (Å²) < 4.78 is 5.48.